The molecule has 0 N–H and O–H groups in total. The van der Waals surface area contributed by atoms with E-state index >= 15 is 0 Å². The summed E-state index contributed by atoms with van der Waals surface area (Å²) in [4.78, 5) is 16.4. The minimum absolute atomic E-state index is 0.0500. The molecule has 0 radical (unpaired) electrons. The molecule has 2 aromatic carbocycles. The molecule has 1 saturated heterocycles. The number of aromatic nitrogens is 2. The highest BCUT2D eigenvalue weighted by molar-refractivity contribution is 5.79. The predicted octanol–water partition coefficient (Wildman–Crippen LogP) is 3.30. The Morgan fingerprint density at radius 2 is 1.62 bits per heavy atom. The van der Waals surface area contributed by atoms with Gasteiger partial charge in [-0.2, -0.15) is 0 Å². The molecule has 1 aromatic heterocycles. The fourth-order valence-corrected chi connectivity index (χ4v) is 3.22. The number of amides is 1. The number of carbonyl (C=O) groups is 1. The Bertz CT molecular complexity index is 941. The van der Waals surface area contributed by atoms with Gasteiger partial charge < -0.3 is 14.5 Å². The third-order valence-corrected chi connectivity index (χ3v) is 4.82. The van der Waals surface area contributed by atoms with Crippen LogP contribution in [0.4, 0.5) is 10.2 Å². The summed E-state index contributed by atoms with van der Waals surface area (Å²) >= 11 is 0. The molecule has 29 heavy (non-hydrogen) atoms. The minimum atomic E-state index is -0.295. The Labute approximate surface area is 168 Å². The number of anilines is 1. The third-order valence-electron chi connectivity index (χ3n) is 4.82. The van der Waals surface area contributed by atoms with Crippen LogP contribution in [0.1, 0.15) is 5.56 Å². The summed E-state index contributed by atoms with van der Waals surface area (Å²) in [5.41, 5.74) is 0.818. The van der Waals surface area contributed by atoms with Crippen LogP contribution in [-0.4, -0.2) is 47.2 Å². The molecule has 2 heterocycles. The standard InChI is InChI=1S/C22H21FN4O2/c23-18-8-6-17(7-9-18)16-22(28)27-14-12-26(13-15-27)20-10-11-21(25-24-20)29-19-4-2-1-3-5-19/h1-11H,12-16H2. The normalized spacial score (nSPS) is 14.0. The average molecular weight is 392 g/mol. The maximum atomic E-state index is 13.0. The van der Waals surface area contributed by atoms with Gasteiger partial charge >= 0.3 is 0 Å². The molecule has 0 saturated carbocycles. The van der Waals surface area contributed by atoms with Gasteiger partial charge in [-0.3, -0.25) is 4.79 Å². The van der Waals surface area contributed by atoms with Crippen molar-refractivity contribution >= 4 is 11.7 Å². The van der Waals surface area contributed by atoms with Crippen LogP contribution in [0.2, 0.25) is 0 Å². The van der Waals surface area contributed by atoms with Gasteiger partial charge in [0.15, 0.2) is 5.82 Å². The summed E-state index contributed by atoms with van der Waals surface area (Å²) in [6, 6.07) is 19.2. The topological polar surface area (TPSA) is 58.6 Å². The maximum absolute atomic E-state index is 13.0. The summed E-state index contributed by atoms with van der Waals surface area (Å²) < 4.78 is 18.7. The number of benzene rings is 2. The molecular formula is C22H21FN4O2. The first kappa shape index (κ1) is 18.9. The zero-order valence-electron chi connectivity index (χ0n) is 15.9. The van der Waals surface area contributed by atoms with Gasteiger partial charge in [0.05, 0.1) is 6.42 Å². The number of carbonyl (C=O) groups excluding carboxylic acids is 1. The molecule has 1 amide bonds. The van der Waals surface area contributed by atoms with Gasteiger partial charge in [0.25, 0.3) is 0 Å². The predicted molar refractivity (Wildman–Crippen MR) is 107 cm³/mol. The molecule has 7 heteroatoms. The van der Waals surface area contributed by atoms with Gasteiger partial charge in [0.2, 0.25) is 11.8 Å². The van der Waals surface area contributed by atoms with Crippen molar-refractivity contribution in [3.05, 3.63) is 78.1 Å². The summed E-state index contributed by atoms with van der Waals surface area (Å²) in [5, 5.41) is 8.40. The Hall–Kier alpha value is -3.48. The number of piperazine rings is 1. The Morgan fingerprint density at radius 1 is 0.897 bits per heavy atom. The van der Waals surface area contributed by atoms with Gasteiger partial charge in [-0.05, 0) is 35.9 Å². The van der Waals surface area contributed by atoms with Crippen molar-refractivity contribution in [3.63, 3.8) is 0 Å². The molecule has 0 aliphatic carbocycles. The quantitative estimate of drug-likeness (QED) is 0.667. The number of ether oxygens (including phenoxy) is 1. The Balaban J connectivity index is 1.30. The van der Waals surface area contributed by atoms with Crippen molar-refractivity contribution in [2.24, 2.45) is 0 Å². The van der Waals surface area contributed by atoms with Crippen molar-refractivity contribution in [2.45, 2.75) is 6.42 Å². The van der Waals surface area contributed by atoms with Crippen molar-refractivity contribution in [3.8, 4) is 11.6 Å². The molecule has 6 nitrogen and oxygen atoms in total. The molecular weight excluding hydrogens is 371 g/mol. The number of para-hydroxylation sites is 1. The molecule has 1 aliphatic rings. The lowest BCUT2D eigenvalue weighted by atomic mass is 10.1. The molecule has 1 fully saturated rings. The van der Waals surface area contributed by atoms with Gasteiger partial charge in [0.1, 0.15) is 11.6 Å². The molecule has 0 spiro atoms. The van der Waals surface area contributed by atoms with Crippen LogP contribution in [0.5, 0.6) is 11.6 Å². The van der Waals surface area contributed by atoms with Crippen LogP contribution in [0.15, 0.2) is 66.7 Å². The lowest BCUT2D eigenvalue weighted by molar-refractivity contribution is -0.130. The second kappa shape index (κ2) is 8.68. The van der Waals surface area contributed by atoms with Crippen LogP contribution in [-0.2, 0) is 11.2 Å². The first-order valence-electron chi connectivity index (χ1n) is 9.51. The van der Waals surface area contributed by atoms with Gasteiger partial charge in [-0.15, -0.1) is 10.2 Å². The highest BCUT2D eigenvalue weighted by Gasteiger charge is 2.22. The zero-order valence-corrected chi connectivity index (χ0v) is 15.9. The Kier molecular flexibility index (Phi) is 5.65. The van der Waals surface area contributed by atoms with E-state index in [0.29, 0.717) is 37.8 Å². The van der Waals surface area contributed by atoms with E-state index in [0.717, 1.165) is 11.4 Å². The van der Waals surface area contributed by atoms with Crippen LogP contribution >= 0.6 is 0 Å². The van der Waals surface area contributed by atoms with E-state index in [1.165, 1.54) is 12.1 Å². The smallest absolute Gasteiger partial charge is 0.238 e. The van der Waals surface area contributed by atoms with Crippen LogP contribution in [0, 0.1) is 5.82 Å². The fourth-order valence-electron chi connectivity index (χ4n) is 3.22. The van der Waals surface area contributed by atoms with Crippen molar-refractivity contribution in [2.75, 3.05) is 31.1 Å². The summed E-state index contributed by atoms with van der Waals surface area (Å²) in [5.74, 6) is 1.66. The number of nitrogens with zero attached hydrogens (tertiary/aromatic N) is 4. The van der Waals surface area contributed by atoms with Crippen LogP contribution in [0.3, 0.4) is 0 Å². The molecule has 0 atom stereocenters. The zero-order chi connectivity index (χ0) is 20.1. The van der Waals surface area contributed by atoms with Gasteiger partial charge in [0, 0.05) is 32.2 Å². The SMILES string of the molecule is O=C(Cc1ccc(F)cc1)N1CCN(c2ccc(Oc3ccccc3)nn2)CC1. The lowest BCUT2D eigenvalue weighted by Crippen LogP contribution is -2.49. The molecule has 1 aliphatic heterocycles. The highest BCUT2D eigenvalue weighted by atomic mass is 19.1. The van der Waals surface area contributed by atoms with Gasteiger partial charge in [-0.1, -0.05) is 30.3 Å². The van der Waals surface area contributed by atoms with Crippen molar-refractivity contribution < 1.29 is 13.9 Å². The minimum Gasteiger partial charge on any atom is -0.438 e. The number of rotatable bonds is 5. The molecule has 0 bridgehead atoms. The molecule has 3 aromatic rings. The number of hydrogen-bond donors (Lipinski definition) is 0. The van der Waals surface area contributed by atoms with E-state index in [4.69, 9.17) is 4.74 Å². The van der Waals surface area contributed by atoms with E-state index in [9.17, 15) is 9.18 Å². The summed E-state index contributed by atoms with van der Waals surface area (Å²) in [7, 11) is 0. The van der Waals surface area contributed by atoms with Crippen LogP contribution < -0.4 is 9.64 Å². The van der Waals surface area contributed by atoms with Gasteiger partial charge in [-0.25, -0.2) is 4.39 Å². The molecule has 0 unspecified atom stereocenters. The highest BCUT2D eigenvalue weighted by Crippen LogP contribution is 2.20. The molecule has 148 valence electrons. The Morgan fingerprint density at radius 3 is 2.28 bits per heavy atom. The lowest BCUT2D eigenvalue weighted by Gasteiger charge is -2.35. The average Bonchev–Trinajstić information content (AvgIpc) is 2.77. The van der Waals surface area contributed by atoms with Crippen molar-refractivity contribution in [1.29, 1.82) is 0 Å². The first-order valence-corrected chi connectivity index (χ1v) is 9.51. The largest absolute Gasteiger partial charge is 0.438 e. The maximum Gasteiger partial charge on any atom is 0.238 e. The second-order valence-electron chi connectivity index (χ2n) is 6.82. The van der Waals surface area contributed by atoms with E-state index in [2.05, 4.69) is 15.1 Å². The van der Waals surface area contributed by atoms with E-state index < -0.39 is 0 Å². The van der Waals surface area contributed by atoms with E-state index in [1.54, 1.807) is 18.2 Å². The third kappa shape index (κ3) is 4.87. The number of halogens is 1. The number of hydrogen-bond acceptors (Lipinski definition) is 5. The first-order chi connectivity index (χ1) is 14.2. The monoisotopic (exact) mass is 392 g/mol. The second-order valence-corrected chi connectivity index (χ2v) is 6.82. The van der Waals surface area contributed by atoms with Crippen LogP contribution in [0.25, 0.3) is 0 Å². The molecule has 4 rings (SSSR count). The van der Waals surface area contributed by atoms with Crippen molar-refractivity contribution in [1.82, 2.24) is 15.1 Å². The van der Waals surface area contributed by atoms with E-state index in [-0.39, 0.29) is 18.1 Å². The summed E-state index contributed by atoms with van der Waals surface area (Å²) in [6.07, 6.45) is 0.283. The van der Waals surface area contributed by atoms with E-state index in [1.807, 2.05) is 41.3 Å². The fraction of sp³-hybridized carbons (Fsp3) is 0.227. The summed E-state index contributed by atoms with van der Waals surface area (Å²) in [6.45, 7) is 2.60.